The largest absolute Gasteiger partial charge is 0.508 e. The highest BCUT2D eigenvalue weighted by Gasteiger charge is 2.25. The summed E-state index contributed by atoms with van der Waals surface area (Å²) in [6, 6.07) is 15.5. The van der Waals surface area contributed by atoms with Gasteiger partial charge in [0.05, 0.1) is 12.1 Å². The minimum Gasteiger partial charge on any atom is -0.508 e. The molecule has 0 saturated heterocycles. The van der Waals surface area contributed by atoms with Gasteiger partial charge in [-0.15, -0.1) is 0 Å². The molecule has 0 heterocycles. The first kappa shape index (κ1) is 25.5. The van der Waals surface area contributed by atoms with Gasteiger partial charge in [-0.3, -0.25) is 19.8 Å². The van der Waals surface area contributed by atoms with Crippen LogP contribution in [0.15, 0.2) is 54.6 Å². The monoisotopic (exact) mass is 440 g/mol. The SMILES string of the molecule is C[C@H](C(=O)NC(=O)[C@@H](N)Cc1ccc(O)cc1)N(CCCc1ccccc1)CCN(C)C. The third-order valence-electron chi connectivity index (χ3n) is 5.49. The number of hydrogen-bond donors (Lipinski definition) is 3. The van der Waals surface area contributed by atoms with E-state index in [-0.39, 0.29) is 18.1 Å². The van der Waals surface area contributed by atoms with Crippen molar-refractivity contribution in [3.63, 3.8) is 0 Å². The lowest BCUT2D eigenvalue weighted by Crippen LogP contribution is -2.52. The van der Waals surface area contributed by atoms with Crippen molar-refractivity contribution >= 4 is 11.8 Å². The second kappa shape index (κ2) is 13.0. The molecule has 174 valence electrons. The zero-order valence-corrected chi connectivity index (χ0v) is 19.3. The first-order valence-electron chi connectivity index (χ1n) is 11.1. The normalized spacial score (nSPS) is 13.2. The molecule has 2 aromatic carbocycles. The van der Waals surface area contributed by atoms with Gasteiger partial charge in [-0.1, -0.05) is 42.5 Å². The number of phenols is 1. The van der Waals surface area contributed by atoms with Crippen LogP contribution in [-0.2, 0) is 22.4 Å². The minimum absolute atomic E-state index is 0.154. The molecular weight excluding hydrogens is 404 g/mol. The van der Waals surface area contributed by atoms with E-state index in [1.807, 2.05) is 39.2 Å². The third-order valence-corrected chi connectivity index (χ3v) is 5.49. The van der Waals surface area contributed by atoms with Crippen LogP contribution in [0.3, 0.4) is 0 Å². The van der Waals surface area contributed by atoms with Gasteiger partial charge >= 0.3 is 0 Å². The first-order valence-corrected chi connectivity index (χ1v) is 11.1. The molecule has 7 nitrogen and oxygen atoms in total. The van der Waals surface area contributed by atoms with E-state index < -0.39 is 18.0 Å². The predicted octanol–water partition coefficient (Wildman–Crippen LogP) is 1.79. The summed E-state index contributed by atoms with van der Waals surface area (Å²) in [5, 5.41) is 11.9. The Hall–Kier alpha value is -2.74. The molecule has 2 aromatic rings. The number of imide groups is 1. The number of hydrogen-bond acceptors (Lipinski definition) is 6. The van der Waals surface area contributed by atoms with Gasteiger partial charge in [0.1, 0.15) is 5.75 Å². The highest BCUT2D eigenvalue weighted by molar-refractivity contribution is 5.99. The average Bonchev–Trinajstić information content (AvgIpc) is 2.77. The van der Waals surface area contributed by atoms with Crippen LogP contribution in [0.25, 0.3) is 0 Å². The smallest absolute Gasteiger partial charge is 0.243 e. The number of aryl methyl sites for hydroxylation is 1. The molecular formula is C25H36N4O3. The van der Waals surface area contributed by atoms with Crippen LogP contribution in [0.5, 0.6) is 5.75 Å². The summed E-state index contributed by atoms with van der Waals surface area (Å²) in [6.07, 6.45) is 2.14. The second-order valence-corrected chi connectivity index (χ2v) is 8.43. The Morgan fingerprint density at radius 1 is 0.938 bits per heavy atom. The van der Waals surface area contributed by atoms with Crippen LogP contribution < -0.4 is 11.1 Å². The molecule has 2 amide bonds. The van der Waals surface area contributed by atoms with Crippen molar-refractivity contribution in [2.45, 2.75) is 38.3 Å². The molecule has 0 aliphatic heterocycles. The quantitative estimate of drug-likeness (QED) is 0.465. The van der Waals surface area contributed by atoms with Gasteiger partial charge in [0.15, 0.2) is 0 Å². The van der Waals surface area contributed by atoms with Crippen LogP contribution in [0.1, 0.15) is 24.5 Å². The van der Waals surface area contributed by atoms with E-state index in [1.54, 1.807) is 24.3 Å². The summed E-state index contributed by atoms with van der Waals surface area (Å²) in [5.41, 5.74) is 8.10. The number of nitrogens with zero attached hydrogens (tertiary/aromatic N) is 2. The van der Waals surface area contributed by atoms with Gasteiger partial charge in [-0.2, -0.15) is 0 Å². The number of benzene rings is 2. The fourth-order valence-corrected chi connectivity index (χ4v) is 3.42. The Kier molecular flexibility index (Phi) is 10.3. The molecule has 4 N–H and O–H groups in total. The first-order chi connectivity index (χ1) is 15.3. The second-order valence-electron chi connectivity index (χ2n) is 8.43. The highest BCUT2D eigenvalue weighted by atomic mass is 16.3. The summed E-state index contributed by atoms with van der Waals surface area (Å²) in [5.74, 6) is -0.678. The van der Waals surface area contributed by atoms with Crippen molar-refractivity contribution in [1.29, 1.82) is 0 Å². The number of likely N-dealkylation sites (N-methyl/N-ethyl adjacent to an activating group) is 1. The van der Waals surface area contributed by atoms with Gasteiger partial charge in [0.25, 0.3) is 0 Å². The van der Waals surface area contributed by atoms with E-state index in [4.69, 9.17) is 5.73 Å². The molecule has 0 radical (unpaired) electrons. The van der Waals surface area contributed by atoms with E-state index in [9.17, 15) is 14.7 Å². The maximum Gasteiger partial charge on any atom is 0.243 e. The van der Waals surface area contributed by atoms with Gasteiger partial charge < -0.3 is 15.7 Å². The predicted molar refractivity (Wildman–Crippen MR) is 127 cm³/mol. The lowest BCUT2D eigenvalue weighted by molar-refractivity contribution is -0.134. The number of amides is 2. The molecule has 7 heteroatoms. The zero-order chi connectivity index (χ0) is 23.5. The molecule has 0 aliphatic carbocycles. The van der Waals surface area contributed by atoms with Crippen molar-refractivity contribution in [2.24, 2.45) is 5.73 Å². The molecule has 0 bridgehead atoms. The minimum atomic E-state index is -0.844. The molecule has 0 aromatic heterocycles. The zero-order valence-electron chi connectivity index (χ0n) is 19.3. The van der Waals surface area contributed by atoms with E-state index in [2.05, 4.69) is 27.2 Å². The van der Waals surface area contributed by atoms with Crippen molar-refractivity contribution in [3.05, 3.63) is 65.7 Å². The third kappa shape index (κ3) is 8.78. The van der Waals surface area contributed by atoms with Crippen LogP contribution in [0.2, 0.25) is 0 Å². The number of carbonyl (C=O) groups is 2. The molecule has 32 heavy (non-hydrogen) atoms. The van der Waals surface area contributed by atoms with Gasteiger partial charge in [-0.05, 0) is 70.1 Å². The van der Waals surface area contributed by atoms with Crippen LogP contribution >= 0.6 is 0 Å². The van der Waals surface area contributed by atoms with E-state index in [0.29, 0.717) is 0 Å². The van der Waals surface area contributed by atoms with Crippen LogP contribution in [0, 0.1) is 0 Å². The molecule has 2 atom stereocenters. The van der Waals surface area contributed by atoms with Gasteiger partial charge in [0, 0.05) is 13.1 Å². The Morgan fingerprint density at radius 2 is 1.59 bits per heavy atom. The summed E-state index contributed by atoms with van der Waals surface area (Å²) >= 11 is 0. The van der Waals surface area contributed by atoms with Crippen LogP contribution in [0.4, 0.5) is 0 Å². The fourth-order valence-electron chi connectivity index (χ4n) is 3.42. The molecule has 0 fully saturated rings. The van der Waals surface area contributed by atoms with E-state index >= 15 is 0 Å². The lowest BCUT2D eigenvalue weighted by Gasteiger charge is -2.29. The maximum absolute atomic E-state index is 12.8. The Balaban J connectivity index is 1.90. The number of nitrogens with one attached hydrogen (secondary N) is 1. The lowest BCUT2D eigenvalue weighted by atomic mass is 10.1. The topological polar surface area (TPSA) is 98.9 Å². The molecule has 0 spiro atoms. The Morgan fingerprint density at radius 3 is 2.22 bits per heavy atom. The number of nitrogens with two attached hydrogens (primary N) is 1. The van der Waals surface area contributed by atoms with Gasteiger partial charge in [-0.25, -0.2) is 0 Å². The van der Waals surface area contributed by atoms with Crippen molar-refractivity contribution in [2.75, 3.05) is 33.7 Å². The fraction of sp³-hybridized carbons (Fsp3) is 0.440. The molecule has 0 aliphatic rings. The summed E-state index contributed by atoms with van der Waals surface area (Å²) in [6.45, 7) is 4.12. The molecule has 0 saturated carbocycles. The van der Waals surface area contributed by atoms with E-state index in [0.717, 1.165) is 38.0 Å². The van der Waals surface area contributed by atoms with E-state index in [1.165, 1.54) is 5.56 Å². The summed E-state index contributed by atoms with van der Waals surface area (Å²) < 4.78 is 0. The number of carbonyl (C=O) groups excluding carboxylic acids is 2. The molecule has 0 unspecified atom stereocenters. The Bertz CT molecular complexity index is 840. The van der Waals surface area contributed by atoms with Gasteiger partial charge in [0.2, 0.25) is 11.8 Å². The highest BCUT2D eigenvalue weighted by Crippen LogP contribution is 2.11. The average molecular weight is 441 g/mol. The summed E-state index contributed by atoms with van der Waals surface area (Å²) in [4.78, 5) is 29.5. The summed E-state index contributed by atoms with van der Waals surface area (Å²) in [7, 11) is 4.00. The van der Waals surface area contributed by atoms with Crippen molar-refractivity contribution < 1.29 is 14.7 Å². The van der Waals surface area contributed by atoms with Crippen molar-refractivity contribution in [1.82, 2.24) is 15.1 Å². The Labute approximate surface area is 191 Å². The van der Waals surface area contributed by atoms with Crippen molar-refractivity contribution in [3.8, 4) is 5.75 Å². The standard InChI is InChI=1S/C25H36N4O3/c1-19(24(31)27-25(32)23(26)18-21-11-13-22(30)14-12-21)29(17-16-28(2)3)15-7-10-20-8-5-4-6-9-20/h4-6,8-9,11-14,19,23,30H,7,10,15-18,26H2,1-3H3,(H,27,31,32)/t19-,23+/m1/s1. The molecule has 2 rings (SSSR count). The number of phenolic OH excluding ortho intramolecular Hbond substituents is 1. The number of rotatable bonds is 12. The van der Waals surface area contributed by atoms with Crippen LogP contribution in [-0.4, -0.2) is 72.5 Å². The number of aromatic hydroxyl groups is 1. The maximum atomic E-state index is 12.8.